The van der Waals surface area contributed by atoms with Crippen molar-refractivity contribution in [2.45, 2.75) is 181 Å². The van der Waals surface area contributed by atoms with Gasteiger partial charge in [-0.3, -0.25) is 0 Å². The molecule has 0 aromatic rings. The predicted molar refractivity (Wildman–Crippen MR) is 167 cm³/mol. The van der Waals surface area contributed by atoms with E-state index in [1.54, 1.807) is 0 Å². The molecule has 1 spiro atoms. The molecule has 1 N–H and O–H groups in total. The number of hydrogen-bond acceptors (Lipinski definition) is 2. The molecule has 2 fully saturated rings. The van der Waals surface area contributed by atoms with Gasteiger partial charge in [0.1, 0.15) is 0 Å². The fourth-order valence-corrected chi connectivity index (χ4v) is 7.38. The van der Waals surface area contributed by atoms with Crippen LogP contribution >= 0.6 is 0 Å². The molecular weight excluding hydrogens is 448 g/mol. The van der Waals surface area contributed by atoms with Crippen molar-refractivity contribution in [3.8, 4) is 0 Å². The zero-order valence-corrected chi connectivity index (χ0v) is 26.3. The van der Waals surface area contributed by atoms with E-state index in [9.17, 15) is 0 Å². The molecule has 0 aromatic heterocycles. The van der Waals surface area contributed by atoms with Gasteiger partial charge in [-0.15, -0.1) is 0 Å². The summed E-state index contributed by atoms with van der Waals surface area (Å²) in [5, 5.41) is 4.09. The van der Waals surface area contributed by atoms with Crippen LogP contribution in [-0.4, -0.2) is 37.1 Å². The van der Waals surface area contributed by atoms with Gasteiger partial charge in [0, 0.05) is 25.7 Å². The van der Waals surface area contributed by atoms with Crippen LogP contribution in [0.3, 0.4) is 0 Å². The first kappa shape index (κ1) is 33.1. The van der Waals surface area contributed by atoms with E-state index in [0.29, 0.717) is 5.41 Å². The van der Waals surface area contributed by atoms with Crippen LogP contribution in [0.1, 0.15) is 175 Å². The minimum atomic E-state index is 0.701. The number of nitrogens with zero attached hydrogens (tertiary/aromatic N) is 1. The van der Waals surface area contributed by atoms with E-state index in [4.69, 9.17) is 0 Å². The van der Waals surface area contributed by atoms with Crippen LogP contribution in [0.15, 0.2) is 0 Å². The van der Waals surface area contributed by atoms with Crippen molar-refractivity contribution in [2.75, 3.05) is 26.2 Å². The largest absolute Gasteiger partial charge is 0.314 e. The first-order valence-electron chi connectivity index (χ1n) is 17.6. The molecule has 2 atom stereocenters. The molecule has 2 nitrogen and oxygen atoms in total. The lowest BCUT2D eigenvalue weighted by atomic mass is 9.65. The summed E-state index contributed by atoms with van der Waals surface area (Å²) in [7, 11) is 0. The maximum Gasteiger partial charge on any atom is 0.00671 e. The van der Waals surface area contributed by atoms with Crippen LogP contribution in [0.4, 0.5) is 0 Å². The lowest BCUT2D eigenvalue weighted by molar-refractivity contribution is -0.0469. The highest BCUT2D eigenvalue weighted by Crippen LogP contribution is 2.46. The monoisotopic (exact) mass is 519 g/mol. The van der Waals surface area contributed by atoms with Gasteiger partial charge in [0.15, 0.2) is 0 Å². The van der Waals surface area contributed by atoms with Crippen molar-refractivity contribution in [3.63, 3.8) is 0 Å². The van der Waals surface area contributed by atoms with Crippen LogP contribution < -0.4 is 5.32 Å². The Morgan fingerprint density at radius 2 is 1.11 bits per heavy atom. The summed E-state index contributed by atoms with van der Waals surface area (Å²) in [6.07, 6.45) is 33.0. The number of unbranched alkanes of at least 4 members (excludes halogenated alkanes) is 11. The Kier molecular flexibility index (Phi) is 18.6. The molecule has 1 saturated heterocycles. The van der Waals surface area contributed by atoms with Gasteiger partial charge in [-0.2, -0.15) is 0 Å². The highest BCUT2D eigenvalue weighted by Gasteiger charge is 2.45. The first-order valence-corrected chi connectivity index (χ1v) is 17.6. The molecule has 0 bridgehead atoms. The minimum absolute atomic E-state index is 0.701. The van der Waals surface area contributed by atoms with Gasteiger partial charge < -0.3 is 10.2 Å². The summed E-state index contributed by atoms with van der Waals surface area (Å²) in [5.41, 5.74) is 0.701. The first-order chi connectivity index (χ1) is 18.1. The number of rotatable bonds is 24. The molecule has 1 heterocycles. The van der Waals surface area contributed by atoms with E-state index in [1.807, 2.05) is 0 Å². The SMILES string of the molecule is CCCCCCCC(CCCCCC)NCC1CCC2(CC1)CN(CC(CCCC)CCCCCC)C2. The molecule has 1 aliphatic heterocycles. The zero-order chi connectivity index (χ0) is 26.6. The Labute approximate surface area is 234 Å². The molecule has 37 heavy (non-hydrogen) atoms. The summed E-state index contributed by atoms with van der Waals surface area (Å²) in [5.74, 6) is 1.90. The molecular formula is C35H70N2. The third kappa shape index (κ3) is 14.2. The molecule has 1 aliphatic carbocycles. The van der Waals surface area contributed by atoms with Crippen molar-refractivity contribution in [1.29, 1.82) is 0 Å². The molecule has 2 unspecified atom stereocenters. The Balaban J connectivity index is 1.65. The van der Waals surface area contributed by atoms with Gasteiger partial charge >= 0.3 is 0 Å². The number of hydrogen-bond donors (Lipinski definition) is 1. The average molecular weight is 519 g/mol. The Hall–Kier alpha value is -0.0800. The lowest BCUT2D eigenvalue weighted by Gasteiger charge is -2.54. The van der Waals surface area contributed by atoms with Gasteiger partial charge in [0.25, 0.3) is 0 Å². The van der Waals surface area contributed by atoms with E-state index in [2.05, 4.69) is 37.9 Å². The topological polar surface area (TPSA) is 15.3 Å². The summed E-state index contributed by atoms with van der Waals surface area (Å²) in [4.78, 5) is 2.85. The molecule has 0 amide bonds. The van der Waals surface area contributed by atoms with Gasteiger partial charge in [0.2, 0.25) is 0 Å². The number of nitrogens with one attached hydrogen (secondary N) is 1. The van der Waals surface area contributed by atoms with Crippen LogP contribution in [0.25, 0.3) is 0 Å². The van der Waals surface area contributed by atoms with Crippen molar-refractivity contribution < 1.29 is 0 Å². The second-order valence-electron chi connectivity index (χ2n) is 13.6. The van der Waals surface area contributed by atoms with Crippen LogP contribution in [-0.2, 0) is 0 Å². The zero-order valence-electron chi connectivity index (χ0n) is 26.3. The summed E-state index contributed by atoms with van der Waals surface area (Å²) in [6.45, 7) is 14.9. The van der Waals surface area contributed by atoms with E-state index in [0.717, 1.165) is 17.9 Å². The predicted octanol–water partition coefficient (Wildman–Crippen LogP) is 10.5. The Morgan fingerprint density at radius 3 is 1.68 bits per heavy atom. The lowest BCUT2D eigenvalue weighted by Crippen LogP contribution is -2.58. The van der Waals surface area contributed by atoms with Gasteiger partial charge in [-0.05, 0) is 75.2 Å². The van der Waals surface area contributed by atoms with Crippen LogP contribution in [0.5, 0.6) is 0 Å². The standard InChI is InChI=1S/C35H70N2/c1-5-9-13-16-19-23-34(22-18-15-11-7-3)36-28-32-24-26-35(27-25-32)30-37(31-35)29-33(20-12-8-4)21-17-14-10-6-2/h32-34,36H,5-31H2,1-4H3. The maximum absolute atomic E-state index is 4.09. The molecule has 0 radical (unpaired) electrons. The highest BCUT2D eigenvalue weighted by molar-refractivity contribution is 4.98. The minimum Gasteiger partial charge on any atom is -0.314 e. The summed E-state index contributed by atoms with van der Waals surface area (Å²) in [6, 6.07) is 0.783. The Bertz CT molecular complexity index is 501. The summed E-state index contributed by atoms with van der Waals surface area (Å²) >= 11 is 0. The fraction of sp³-hybridized carbons (Fsp3) is 1.00. The molecule has 1 saturated carbocycles. The molecule has 2 rings (SSSR count). The van der Waals surface area contributed by atoms with Crippen LogP contribution in [0.2, 0.25) is 0 Å². The van der Waals surface area contributed by atoms with Crippen molar-refractivity contribution in [3.05, 3.63) is 0 Å². The van der Waals surface area contributed by atoms with Gasteiger partial charge in [-0.25, -0.2) is 0 Å². The average Bonchev–Trinajstić information content (AvgIpc) is 2.89. The van der Waals surface area contributed by atoms with E-state index in [1.165, 1.54) is 174 Å². The fourth-order valence-electron chi connectivity index (χ4n) is 7.38. The molecule has 0 aromatic carbocycles. The Morgan fingerprint density at radius 1 is 0.622 bits per heavy atom. The molecule has 220 valence electrons. The molecule has 2 heteroatoms. The van der Waals surface area contributed by atoms with Crippen molar-refractivity contribution in [1.82, 2.24) is 10.2 Å². The van der Waals surface area contributed by atoms with Gasteiger partial charge in [0.05, 0.1) is 0 Å². The second kappa shape index (κ2) is 20.8. The van der Waals surface area contributed by atoms with Gasteiger partial charge in [-0.1, -0.05) is 124 Å². The van der Waals surface area contributed by atoms with E-state index in [-0.39, 0.29) is 0 Å². The normalized spacial score (nSPS) is 19.8. The van der Waals surface area contributed by atoms with E-state index >= 15 is 0 Å². The quantitative estimate of drug-likeness (QED) is 0.128. The maximum atomic E-state index is 4.09. The second-order valence-corrected chi connectivity index (χ2v) is 13.6. The number of likely N-dealkylation sites (tertiary alicyclic amines) is 1. The third-order valence-electron chi connectivity index (χ3n) is 9.99. The molecule has 2 aliphatic rings. The summed E-state index contributed by atoms with van der Waals surface area (Å²) < 4.78 is 0. The van der Waals surface area contributed by atoms with Crippen molar-refractivity contribution in [2.24, 2.45) is 17.3 Å². The third-order valence-corrected chi connectivity index (χ3v) is 9.99. The smallest absolute Gasteiger partial charge is 0.00671 e. The van der Waals surface area contributed by atoms with Crippen LogP contribution in [0, 0.1) is 17.3 Å². The highest BCUT2D eigenvalue weighted by atomic mass is 15.2. The van der Waals surface area contributed by atoms with E-state index < -0.39 is 0 Å². The van der Waals surface area contributed by atoms with Crippen molar-refractivity contribution >= 4 is 0 Å².